The van der Waals surface area contributed by atoms with Crippen LogP contribution in [0.15, 0.2) is 24.3 Å². The van der Waals surface area contributed by atoms with Crippen LogP contribution in [-0.2, 0) is 16.0 Å². The number of carboxylic acids is 1. The second-order valence-electron chi connectivity index (χ2n) is 5.88. The van der Waals surface area contributed by atoms with Crippen LogP contribution in [0.3, 0.4) is 0 Å². The molecule has 0 aliphatic heterocycles. The van der Waals surface area contributed by atoms with Crippen molar-refractivity contribution in [3.63, 3.8) is 0 Å². The molecule has 120 valence electrons. The second-order valence-corrected chi connectivity index (χ2v) is 5.88. The van der Waals surface area contributed by atoms with Crippen molar-refractivity contribution in [1.82, 2.24) is 5.32 Å². The van der Waals surface area contributed by atoms with Gasteiger partial charge < -0.3 is 15.2 Å². The van der Waals surface area contributed by atoms with Crippen molar-refractivity contribution < 1.29 is 19.4 Å². The molecule has 1 aromatic carbocycles. The number of benzene rings is 1. The Hall–Kier alpha value is -2.04. The highest BCUT2D eigenvalue weighted by atomic mass is 16.5. The summed E-state index contributed by atoms with van der Waals surface area (Å²) < 4.78 is 5.36. The van der Waals surface area contributed by atoms with E-state index >= 15 is 0 Å². The van der Waals surface area contributed by atoms with E-state index in [0.29, 0.717) is 18.9 Å². The number of carbonyl (C=O) groups excluding carboxylic acids is 1. The quantitative estimate of drug-likeness (QED) is 0.771. The van der Waals surface area contributed by atoms with Gasteiger partial charge in [0.1, 0.15) is 5.75 Å². The Morgan fingerprint density at radius 3 is 2.50 bits per heavy atom. The van der Waals surface area contributed by atoms with E-state index in [0.717, 1.165) is 17.7 Å². The lowest BCUT2D eigenvalue weighted by molar-refractivity contribution is -0.141. The summed E-state index contributed by atoms with van der Waals surface area (Å²) in [7, 11) is 0. The second kappa shape index (κ2) is 7.29. The normalized spacial score (nSPS) is 21.0. The first-order valence-electron chi connectivity index (χ1n) is 7.73. The van der Waals surface area contributed by atoms with Crippen LogP contribution >= 0.6 is 0 Å². The first kappa shape index (κ1) is 16.3. The summed E-state index contributed by atoms with van der Waals surface area (Å²) in [6.07, 6.45) is 1.30. The lowest BCUT2D eigenvalue weighted by Gasteiger charge is -2.14. The molecule has 5 heteroatoms. The predicted molar refractivity (Wildman–Crippen MR) is 82.7 cm³/mol. The van der Waals surface area contributed by atoms with Crippen LogP contribution in [0.5, 0.6) is 5.75 Å². The van der Waals surface area contributed by atoms with Crippen molar-refractivity contribution in [2.45, 2.75) is 26.7 Å². The van der Waals surface area contributed by atoms with Crippen LogP contribution in [0.2, 0.25) is 0 Å². The largest absolute Gasteiger partial charge is 0.494 e. The summed E-state index contributed by atoms with van der Waals surface area (Å²) in [4.78, 5) is 23.2. The molecule has 0 unspecified atom stereocenters. The highest BCUT2D eigenvalue weighted by Gasteiger charge is 2.39. The van der Waals surface area contributed by atoms with Gasteiger partial charge in [0.15, 0.2) is 0 Å². The van der Waals surface area contributed by atoms with Gasteiger partial charge in [0.2, 0.25) is 5.91 Å². The molecule has 1 amide bonds. The van der Waals surface area contributed by atoms with E-state index in [4.69, 9.17) is 4.74 Å². The fourth-order valence-corrected chi connectivity index (χ4v) is 2.46. The third-order valence-electron chi connectivity index (χ3n) is 4.03. The molecule has 0 spiro atoms. The Balaban J connectivity index is 1.87. The molecule has 1 fully saturated rings. The number of carbonyl (C=O) groups is 2. The fraction of sp³-hybridized carbons (Fsp3) is 0.529. The maximum atomic E-state index is 11.8. The zero-order valence-electron chi connectivity index (χ0n) is 13.0. The minimum Gasteiger partial charge on any atom is -0.494 e. The van der Waals surface area contributed by atoms with E-state index in [-0.39, 0.29) is 18.4 Å². The smallest absolute Gasteiger partial charge is 0.308 e. The molecule has 2 rings (SSSR count). The molecule has 22 heavy (non-hydrogen) atoms. The van der Waals surface area contributed by atoms with E-state index in [1.54, 1.807) is 0 Å². The monoisotopic (exact) mass is 305 g/mol. The third kappa shape index (κ3) is 4.48. The Kier molecular flexibility index (Phi) is 5.41. The van der Waals surface area contributed by atoms with Crippen molar-refractivity contribution in [1.29, 1.82) is 0 Å². The van der Waals surface area contributed by atoms with Gasteiger partial charge in [0.05, 0.1) is 12.5 Å². The zero-order valence-corrected chi connectivity index (χ0v) is 13.0. The van der Waals surface area contributed by atoms with Gasteiger partial charge >= 0.3 is 5.97 Å². The van der Waals surface area contributed by atoms with Gasteiger partial charge in [0.25, 0.3) is 0 Å². The zero-order chi connectivity index (χ0) is 16.1. The predicted octanol–water partition coefficient (Wildman–Crippen LogP) is 2.10. The van der Waals surface area contributed by atoms with E-state index in [1.165, 1.54) is 0 Å². The van der Waals surface area contributed by atoms with Gasteiger partial charge in [-0.2, -0.15) is 0 Å². The molecule has 5 nitrogen and oxygen atoms in total. The number of ether oxygens (including phenoxy) is 1. The molecular weight excluding hydrogens is 282 g/mol. The van der Waals surface area contributed by atoms with Crippen LogP contribution in [0.4, 0.5) is 0 Å². The molecular formula is C17H23NO4. The molecule has 2 N–H and O–H groups in total. The standard InChI is InChI=1S/C17H23NO4/c1-3-22-14-6-4-12(5-7-14)9-13(17(20)21)10-18-16(19)15-8-11(15)2/h4-7,11,13,15H,3,8-10H2,1-2H3,(H,18,19)(H,20,21)/t11-,13-,15-/m1/s1. The average molecular weight is 305 g/mol. The first-order chi connectivity index (χ1) is 10.5. The van der Waals surface area contributed by atoms with Crippen molar-refractivity contribution in [3.8, 4) is 5.75 Å². The molecule has 1 aliphatic carbocycles. The number of hydrogen-bond acceptors (Lipinski definition) is 3. The fourth-order valence-electron chi connectivity index (χ4n) is 2.46. The lowest BCUT2D eigenvalue weighted by atomic mass is 9.99. The van der Waals surface area contributed by atoms with Crippen LogP contribution in [0.25, 0.3) is 0 Å². The van der Waals surface area contributed by atoms with Crippen LogP contribution in [0, 0.1) is 17.8 Å². The summed E-state index contributed by atoms with van der Waals surface area (Å²) in [6, 6.07) is 7.40. The minimum absolute atomic E-state index is 0.0227. The number of aliphatic carboxylic acids is 1. The molecule has 0 radical (unpaired) electrons. The summed E-state index contributed by atoms with van der Waals surface area (Å²) in [6.45, 7) is 4.71. The van der Waals surface area contributed by atoms with Gasteiger partial charge in [-0.1, -0.05) is 19.1 Å². The van der Waals surface area contributed by atoms with E-state index in [2.05, 4.69) is 5.32 Å². The Bertz CT molecular complexity index is 526. The maximum Gasteiger partial charge on any atom is 0.308 e. The molecule has 1 aromatic rings. The van der Waals surface area contributed by atoms with E-state index < -0.39 is 11.9 Å². The first-order valence-corrected chi connectivity index (χ1v) is 7.73. The summed E-state index contributed by atoms with van der Waals surface area (Å²) >= 11 is 0. The molecule has 0 aromatic heterocycles. The molecule has 0 bridgehead atoms. The average Bonchev–Trinajstić information content (AvgIpc) is 3.22. The van der Waals surface area contributed by atoms with Crippen LogP contribution in [-0.4, -0.2) is 30.1 Å². The van der Waals surface area contributed by atoms with Gasteiger partial charge in [-0.15, -0.1) is 0 Å². The highest BCUT2D eigenvalue weighted by molar-refractivity contribution is 5.82. The number of nitrogens with one attached hydrogen (secondary N) is 1. The molecule has 1 aliphatic rings. The number of amides is 1. The Morgan fingerprint density at radius 1 is 1.36 bits per heavy atom. The van der Waals surface area contributed by atoms with E-state index in [9.17, 15) is 14.7 Å². The van der Waals surface area contributed by atoms with Crippen molar-refractivity contribution >= 4 is 11.9 Å². The minimum atomic E-state index is -0.891. The third-order valence-corrected chi connectivity index (χ3v) is 4.03. The van der Waals surface area contributed by atoms with E-state index in [1.807, 2.05) is 38.1 Å². The number of carboxylic acid groups (broad SMARTS) is 1. The van der Waals surface area contributed by atoms with Gasteiger partial charge in [-0.05, 0) is 43.4 Å². The van der Waals surface area contributed by atoms with Crippen molar-refractivity contribution in [2.75, 3.05) is 13.2 Å². The summed E-state index contributed by atoms with van der Waals surface area (Å²) in [5, 5.41) is 12.1. The van der Waals surface area contributed by atoms with Gasteiger partial charge in [-0.3, -0.25) is 9.59 Å². The van der Waals surface area contributed by atoms with Crippen molar-refractivity contribution in [2.24, 2.45) is 17.8 Å². The maximum absolute atomic E-state index is 11.8. The Morgan fingerprint density at radius 2 is 2.00 bits per heavy atom. The lowest BCUT2D eigenvalue weighted by Crippen LogP contribution is -2.35. The van der Waals surface area contributed by atoms with Crippen molar-refractivity contribution in [3.05, 3.63) is 29.8 Å². The topological polar surface area (TPSA) is 75.6 Å². The van der Waals surface area contributed by atoms with Crippen LogP contribution < -0.4 is 10.1 Å². The highest BCUT2D eigenvalue weighted by Crippen LogP contribution is 2.37. The number of hydrogen-bond donors (Lipinski definition) is 2. The van der Waals surface area contributed by atoms with Gasteiger partial charge in [0, 0.05) is 12.5 Å². The molecule has 1 saturated carbocycles. The van der Waals surface area contributed by atoms with Gasteiger partial charge in [-0.25, -0.2) is 0 Å². The molecule has 0 heterocycles. The SMILES string of the molecule is CCOc1ccc(C[C@H](CNC(=O)[C@@H]2C[C@H]2C)C(=O)O)cc1. The molecule has 3 atom stereocenters. The summed E-state index contributed by atoms with van der Waals surface area (Å²) in [5.74, 6) is -0.261. The Labute approximate surface area is 130 Å². The van der Waals surface area contributed by atoms with Crippen LogP contribution in [0.1, 0.15) is 25.8 Å². The number of rotatable bonds is 8. The summed E-state index contributed by atoms with van der Waals surface area (Å²) in [5.41, 5.74) is 0.921. The molecule has 0 saturated heterocycles.